The lowest BCUT2D eigenvalue weighted by atomic mass is 10.2. The number of carboxylic acid groups (broad SMARTS) is 1. The van der Waals surface area contributed by atoms with Crippen molar-refractivity contribution in [2.24, 2.45) is 0 Å². The Kier molecular flexibility index (Phi) is 3.78. The summed E-state index contributed by atoms with van der Waals surface area (Å²) < 4.78 is 7.22. The minimum Gasteiger partial charge on any atom is -0.494 e. The predicted octanol–water partition coefficient (Wildman–Crippen LogP) is 3.19. The standard InChI is InChI=1S/C17H16N2O3/c1-2-22-13-7-5-6-12(10-13)17-18-14-8-3-4-9-15(14)19(17)11-16(20)21/h3-10H,2,11H2,1H3,(H,20,21). The number of nitrogens with zero attached hydrogens (tertiary/aromatic N) is 2. The number of hydrogen-bond donors (Lipinski definition) is 1. The quantitative estimate of drug-likeness (QED) is 0.785. The van der Waals surface area contributed by atoms with Gasteiger partial charge < -0.3 is 14.4 Å². The van der Waals surface area contributed by atoms with Crippen LogP contribution >= 0.6 is 0 Å². The maximum atomic E-state index is 11.2. The number of carbonyl (C=O) groups is 1. The summed E-state index contributed by atoms with van der Waals surface area (Å²) in [5.41, 5.74) is 2.42. The normalized spacial score (nSPS) is 10.8. The van der Waals surface area contributed by atoms with Crippen molar-refractivity contribution < 1.29 is 14.6 Å². The fraction of sp³-hybridized carbons (Fsp3) is 0.176. The predicted molar refractivity (Wildman–Crippen MR) is 84.0 cm³/mol. The van der Waals surface area contributed by atoms with E-state index in [9.17, 15) is 9.90 Å². The first-order valence-electron chi connectivity index (χ1n) is 7.09. The Labute approximate surface area is 127 Å². The van der Waals surface area contributed by atoms with Crippen LogP contribution in [0.15, 0.2) is 48.5 Å². The van der Waals surface area contributed by atoms with Crippen LogP contribution in [-0.2, 0) is 11.3 Å². The Hall–Kier alpha value is -2.82. The van der Waals surface area contributed by atoms with E-state index in [0.29, 0.717) is 12.4 Å². The highest BCUT2D eigenvalue weighted by Gasteiger charge is 2.15. The molecular weight excluding hydrogens is 280 g/mol. The minimum atomic E-state index is -0.898. The van der Waals surface area contributed by atoms with Crippen LogP contribution in [0.4, 0.5) is 0 Å². The molecule has 0 aliphatic rings. The molecule has 0 fully saturated rings. The molecule has 0 unspecified atom stereocenters. The number of para-hydroxylation sites is 2. The van der Waals surface area contributed by atoms with Crippen molar-refractivity contribution in [1.82, 2.24) is 9.55 Å². The number of benzene rings is 2. The van der Waals surface area contributed by atoms with Gasteiger partial charge in [-0.05, 0) is 31.2 Å². The maximum absolute atomic E-state index is 11.2. The Balaban J connectivity index is 2.16. The van der Waals surface area contributed by atoms with Gasteiger partial charge in [-0.3, -0.25) is 4.79 Å². The van der Waals surface area contributed by atoms with Gasteiger partial charge in [0.15, 0.2) is 0 Å². The van der Waals surface area contributed by atoms with Crippen LogP contribution < -0.4 is 4.74 Å². The number of aliphatic carboxylic acids is 1. The topological polar surface area (TPSA) is 64.4 Å². The first-order valence-corrected chi connectivity index (χ1v) is 7.09. The number of rotatable bonds is 5. The molecule has 1 aromatic heterocycles. The molecule has 3 aromatic rings. The Morgan fingerprint density at radius 1 is 1.23 bits per heavy atom. The third kappa shape index (κ3) is 2.65. The van der Waals surface area contributed by atoms with Gasteiger partial charge in [-0.1, -0.05) is 24.3 Å². The van der Waals surface area contributed by atoms with Gasteiger partial charge in [0, 0.05) is 5.56 Å². The monoisotopic (exact) mass is 296 g/mol. The van der Waals surface area contributed by atoms with E-state index in [0.717, 1.165) is 22.3 Å². The van der Waals surface area contributed by atoms with Crippen molar-refractivity contribution >= 4 is 17.0 Å². The van der Waals surface area contributed by atoms with Gasteiger partial charge in [-0.25, -0.2) is 4.98 Å². The van der Waals surface area contributed by atoms with Crippen LogP contribution in [0.1, 0.15) is 6.92 Å². The molecule has 0 spiro atoms. The average Bonchev–Trinajstić information content (AvgIpc) is 2.86. The molecule has 5 heteroatoms. The van der Waals surface area contributed by atoms with Crippen molar-refractivity contribution in [3.8, 4) is 17.1 Å². The molecule has 3 rings (SSSR count). The highest BCUT2D eigenvalue weighted by atomic mass is 16.5. The number of imidazole rings is 1. The Morgan fingerprint density at radius 3 is 2.82 bits per heavy atom. The van der Waals surface area contributed by atoms with Gasteiger partial charge in [-0.15, -0.1) is 0 Å². The van der Waals surface area contributed by atoms with Crippen LogP contribution in [-0.4, -0.2) is 27.2 Å². The van der Waals surface area contributed by atoms with Crippen LogP contribution in [0.3, 0.4) is 0 Å². The van der Waals surface area contributed by atoms with Crippen LogP contribution in [0.5, 0.6) is 5.75 Å². The fourth-order valence-corrected chi connectivity index (χ4v) is 2.48. The molecule has 5 nitrogen and oxygen atoms in total. The first-order chi connectivity index (χ1) is 10.7. The summed E-state index contributed by atoms with van der Waals surface area (Å²) in [4.78, 5) is 15.8. The van der Waals surface area contributed by atoms with E-state index in [-0.39, 0.29) is 6.54 Å². The van der Waals surface area contributed by atoms with Gasteiger partial charge in [0.05, 0.1) is 17.6 Å². The molecule has 1 N–H and O–H groups in total. The second-order valence-corrected chi connectivity index (χ2v) is 4.86. The van der Waals surface area contributed by atoms with E-state index in [1.54, 1.807) is 4.57 Å². The maximum Gasteiger partial charge on any atom is 0.323 e. The number of hydrogen-bond acceptors (Lipinski definition) is 3. The van der Waals surface area contributed by atoms with E-state index in [4.69, 9.17) is 4.74 Å². The van der Waals surface area contributed by atoms with Gasteiger partial charge in [-0.2, -0.15) is 0 Å². The molecule has 1 heterocycles. The van der Waals surface area contributed by atoms with Crippen molar-refractivity contribution in [2.45, 2.75) is 13.5 Å². The summed E-state index contributed by atoms with van der Waals surface area (Å²) >= 11 is 0. The largest absolute Gasteiger partial charge is 0.494 e. The third-order valence-corrected chi connectivity index (χ3v) is 3.35. The van der Waals surface area contributed by atoms with Gasteiger partial charge >= 0.3 is 5.97 Å². The minimum absolute atomic E-state index is 0.130. The van der Waals surface area contributed by atoms with Gasteiger partial charge in [0.2, 0.25) is 0 Å². The first kappa shape index (κ1) is 14.1. The highest BCUT2D eigenvalue weighted by molar-refractivity contribution is 5.83. The Bertz CT molecular complexity index is 824. The number of ether oxygens (including phenoxy) is 1. The molecule has 0 saturated heterocycles. The summed E-state index contributed by atoms with van der Waals surface area (Å²) in [5, 5.41) is 9.18. The molecule has 2 aromatic carbocycles. The zero-order chi connectivity index (χ0) is 15.5. The SMILES string of the molecule is CCOc1cccc(-c2nc3ccccc3n2CC(=O)O)c1. The van der Waals surface area contributed by atoms with Crippen LogP contribution in [0.25, 0.3) is 22.4 Å². The summed E-state index contributed by atoms with van der Waals surface area (Å²) in [6, 6.07) is 15.1. The molecule has 0 aliphatic carbocycles. The molecular formula is C17H16N2O3. The van der Waals surface area contributed by atoms with Crippen molar-refractivity contribution in [3.05, 3.63) is 48.5 Å². The average molecular weight is 296 g/mol. The zero-order valence-corrected chi connectivity index (χ0v) is 12.2. The van der Waals surface area contributed by atoms with Crippen molar-refractivity contribution in [2.75, 3.05) is 6.61 Å². The molecule has 22 heavy (non-hydrogen) atoms. The summed E-state index contributed by atoms with van der Waals surface area (Å²) in [6.45, 7) is 2.37. The molecule has 0 aliphatic heterocycles. The lowest BCUT2D eigenvalue weighted by Gasteiger charge is -2.08. The second-order valence-electron chi connectivity index (χ2n) is 4.86. The fourth-order valence-electron chi connectivity index (χ4n) is 2.48. The van der Waals surface area contributed by atoms with Gasteiger partial charge in [0.1, 0.15) is 18.1 Å². The third-order valence-electron chi connectivity index (χ3n) is 3.35. The summed E-state index contributed by atoms with van der Waals surface area (Å²) in [7, 11) is 0. The Morgan fingerprint density at radius 2 is 2.05 bits per heavy atom. The van der Waals surface area contributed by atoms with E-state index in [1.807, 2.05) is 55.5 Å². The lowest BCUT2D eigenvalue weighted by molar-refractivity contribution is -0.137. The van der Waals surface area contributed by atoms with E-state index in [1.165, 1.54) is 0 Å². The van der Waals surface area contributed by atoms with Crippen LogP contribution in [0, 0.1) is 0 Å². The van der Waals surface area contributed by atoms with Gasteiger partial charge in [0.25, 0.3) is 0 Å². The molecule has 0 bridgehead atoms. The summed E-state index contributed by atoms with van der Waals surface area (Å²) in [5.74, 6) is 0.476. The molecule has 0 amide bonds. The van der Waals surface area contributed by atoms with Crippen molar-refractivity contribution in [3.63, 3.8) is 0 Å². The number of fused-ring (bicyclic) bond motifs is 1. The molecule has 0 saturated carbocycles. The van der Waals surface area contributed by atoms with Crippen molar-refractivity contribution in [1.29, 1.82) is 0 Å². The molecule has 112 valence electrons. The lowest BCUT2D eigenvalue weighted by Crippen LogP contribution is -2.10. The smallest absolute Gasteiger partial charge is 0.323 e. The summed E-state index contributed by atoms with van der Waals surface area (Å²) in [6.07, 6.45) is 0. The van der Waals surface area contributed by atoms with Crippen LogP contribution in [0.2, 0.25) is 0 Å². The zero-order valence-electron chi connectivity index (χ0n) is 12.2. The number of aromatic nitrogens is 2. The van der Waals surface area contributed by atoms with E-state index in [2.05, 4.69) is 4.98 Å². The van der Waals surface area contributed by atoms with E-state index < -0.39 is 5.97 Å². The highest BCUT2D eigenvalue weighted by Crippen LogP contribution is 2.27. The van der Waals surface area contributed by atoms with E-state index >= 15 is 0 Å². The number of carboxylic acids is 1. The molecule has 0 radical (unpaired) electrons. The second kappa shape index (κ2) is 5.89. The molecule has 0 atom stereocenters.